The predicted molar refractivity (Wildman–Crippen MR) is 22.8 cm³/mol. The largest absolute Gasteiger partial charge is 1.00 e. The summed E-state index contributed by atoms with van der Waals surface area (Å²) in [4.78, 5) is 0. The summed E-state index contributed by atoms with van der Waals surface area (Å²) in [6.07, 6.45) is 0. The summed E-state index contributed by atoms with van der Waals surface area (Å²) in [6.45, 7) is 0. The van der Waals surface area contributed by atoms with Crippen LogP contribution in [0.15, 0.2) is 0 Å². The summed E-state index contributed by atoms with van der Waals surface area (Å²) >= 11 is 4.11. The van der Waals surface area contributed by atoms with E-state index in [9.17, 15) is 0 Å². The van der Waals surface area contributed by atoms with Gasteiger partial charge in [0, 0.05) is 0 Å². The fourth-order valence-electron chi connectivity index (χ4n) is 0. The number of thiocarbonyl (C=S) groups is 1. The van der Waals surface area contributed by atoms with E-state index in [-0.39, 0.29) is 6.54 Å². The molecule has 0 aromatic heterocycles. The molecule has 0 fully saturated rings. The van der Waals surface area contributed by atoms with Gasteiger partial charge in [-0.25, -0.2) is 5.48 Å². The molecule has 0 aliphatic heterocycles. The molecule has 0 radical (unpaired) electrons. The topological polar surface area (TPSA) is 58.3 Å². The summed E-state index contributed by atoms with van der Waals surface area (Å²) in [7, 11) is 0. The van der Waals surface area contributed by atoms with Crippen LogP contribution in [-0.4, -0.2) is 10.3 Å². The molecular formula is CH5N2OS+. The van der Waals surface area contributed by atoms with Crippen molar-refractivity contribution in [3.8, 4) is 0 Å². The average Bonchev–Trinajstić information content (AvgIpc) is 1.38. The Labute approximate surface area is 36.2 Å². The normalized spacial score (nSPS) is 6.60. The Balaban J connectivity index is 0. The molecule has 4 N–H and O–H groups in total. The zero-order valence-electron chi connectivity index (χ0n) is 3.43. The maximum Gasteiger partial charge on any atom is 1.00 e. The fourth-order valence-corrected chi connectivity index (χ4v) is 0. The monoisotopic (exact) mass is 93.0 g/mol. The first-order valence-corrected chi connectivity index (χ1v) is 1.37. The molecule has 3 nitrogen and oxygen atoms in total. The van der Waals surface area contributed by atoms with Gasteiger partial charge in [0.25, 0.3) is 0 Å². The van der Waals surface area contributed by atoms with Crippen molar-refractivity contribution in [3.05, 3.63) is 0 Å². The quantitative estimate of drug-likeness (QED) is 0.274. The van der Waals surface area contributed by atoms with Crippen molar-refractivity contribution in [2.24, 2.45) is 5.73 Å². The van der Waals surface area contributed by atoms with Gasteiger partial charge in [-0.15, -0.1) is 0 Å². The van der Waals surface area contributed by atoms with E-state index in [0.717, 1.165) is 0 Å². The molecular weight excluding hydrogens is 88.1 g/mol. The van der Waals surface area contributed by atoms with Gasteiger partial charge in [-0.2, -0.15) is 0 Å². The second kappa shape index (κ2) is 1.92. The molecule has 0 aliphatic carbocycles. The zero-order chi connectivity index (χ0) is 4.28. The van der Waals surface area contributed by atoms with Crippen molar-refractivity contribution < 1.29 is 6.63 Å². The van der Waals surface area contributed by atoms with Crippen LogP contribution in [0.1, 0.15) is 1.43 Å². The fraction of sp³-hybridized carbons (Fsp3) is 0. The highest BCUT2D eigenvalue weighted by Crippen LogP contribution is 1.42. The lowest BCUT2D eigenvalue weighted by Gasteiger charge is -1.83. The van der Waals surface area contributed by atoms with E-state index in [0.29, 0.717) is 0 Å². The summed E-state index contributed by atoms with van der Waals surface area (Å²) in [5, 5.41) is 7.52. The lowest BCUT2D eigenvalue weighted by atomic mass is 11.2. The van der Waals surface area contributed by atoms with Crippen LogP contribution in [0.5, 0.6) is 0 Å². The summed E-state index contributed by atoms with van der Waals surface area (Å²) in [5.41, 5.74) is 6.20. The number of rotatable bonds is 0. The lowest BCUT2D eigenvalue weighted by Crippen LogP contribution is -2.24. The van der Waals surface area contributed by atoms with E-state index in [1.165, 1.54) is 5.48 Å². The van der Waals surface area contributed by atoms with Crippen LogP contribution < -0.4 is 11.2 Å². The molecule has 0 aromatic carbocycles. The van der Waals surface area contributed by atoms with Gasteiger partial charge in [0.2, 0.25) is 0 Å². The minimum absolute atomic E-state index is 0. The first kappa shape index (κ1) is 4.65. The van der Waals surface area contributed by atoms with Gasteiger partial charge >= 0.3 is 1.43 Å². The van der Waals surface area contributed by atoms with E-state index < -0.39 is 0 Å². The number of hydrogen-bond donors (Lipinski definition) is 3. The maximum atomic E-state index is 7.63. The molecule has 0 amide bonds. The van der Waals surface area contributed by atoms with Crippen molar-refractivity contribution in [1.82, 2.24) is 5.48 Å². The molecule has 30 valence electrons. The molecule has 0 heterocycles. The predicted octanol–water partition coefficient (Wildman–Crippen LogP) is -0.679. The van der Waals surface area contributed by atoms with Crippen LogP contribution in [0.2, 0.25) is 0 Å². The third-order valence-corrected chi connectivity index (χ3v) is 0.201. The smallest absolute Gasteiger partial charge is 0.375 e. The molecule has 4 heteroatoms. The highest BCUT2D eigenvalue weighted by Gasteiger charge is 1.68. The molecule has 0 spiro atoms. The van der Waals surface area contributed by atoms with Crippen LogP contribution in [0, 0.1) is 0 Å². The highest BCUT2D eigenvalue weighted by molar-refractivity contribution is 7.80. The minimum atomic E-state index is -0.106. The first-order valence-electron chi connectivity index (χ1n) is 0.966. The van der Waals surface area contributed by atoms with E-state index in [2.05, 4.69) is 18.0 Å². The minimum Gasteiger partial charge on any atom is -0.375 e. The van der Waals surface area contributed by atoms with Gasteiger partial charge in [-0.05, 0) is 12.2 Å². The van der Waals surface area contributed by atoms with Gasteiger partial charge in [0.1, 0.15) is 0 Å². The first-order chi connectivity index (χ1) is 2.27. The van der Waals surface area contributed by atoms with E-state index in [1.807, 2.05) is 0 Å². The van der Waals surface area contributed by atoms with Gasteiger partial charge < -0.3 is 5.73 Å². The van der Waals surface area contributed by atoms with Crippen LogP contribution in [0.4, 0.5) is 0 Å². The van der Waals surface area contributed by atoms with Crippen molar-refractivity contribution >= 4 is 17.3 Å². The Morgan fingerprint density at radius 1 is 2.20 bits per heavy atom. The highest BCUT2D eigenvalue weighted by atomic mass is 32.1. The van der Waals surface area contributed by atoms with Crippen molar-refractivity contribution in [3.63, 3.8) is 0 Å². The van der Waals surface area contributed by atoms with Gasteiger partial charge in [0.15, 0.2) is 5.11 Å². The Kier molecular flexibility index (Phi) is 1.79. The van der Waals surface area contributed by atoms with E-state index >= 15 is 0 Å². The molecule has 0 aromatic rings. The van der Waals surface area contributed by atoms with Crippen LogP contribution in [0.25, 0.3) is 0 Å². The Bertz CT molecular complexity index is 48.8. The van der Waals surface area contributed by atoms with Crippen LogP contribution >= 0.6 is 12.2 Å². The van der Waals surface area contributed by atoms with E-state index in [1.54, 1.807) is 0 Å². The molecule has 0 rings (SSSR count). The summed E-state index contributed by atoms with van der Waals surface area (Å²) in [6, 6.07) is 0. The van der Waals surface area contributed by atoms with Gasteiger partial charge in [-0.1, -0.05) is 0 Å². The number of hydroxylamine groups is 1. The molecule has 0 saturated heterocycles. The second-order valence-corrected chi connectivity index (χ2v) is 0.916. The molecule has 0 bridgehead atoms. The Hall–Kier alpha value is -0.350. The zero-order valence-corrected chi connectivity index (χ0v) is 3.25. The summed E-state index contributed by atoms with van der Waals surface area (Å²) in [5.74, 6) is 0. The molecule has 0 saturated carbocycles. The third-order valence-electron chi connectivity index (χ3n) is 0.110. The molecule has 0 atom stereocenters. The number of hydrogen-bond acceptors (Lipinski definition) is 2. The Morgan fingerprint density at radius 2 is 2.40 bits per heavy atom. The van der Waals surface area contributed by atoms with Gasteiger partial charge in [-0.3, -0.25) is 5.21 Å². The summed E-state index contributed by atoms with van der Waals surface area (Å²) < 4.78 is 0. The van der Waals surface area contributed by atoms with Crippen molar-refractivity contribution in [2.75, 3.05) is 0 Å². The Morgan fingerprint density at radius 3 is 2.40 bits per heavy atom. The van der Waals surface area contributed by atoms with Crippen LogP contribution in [0.3, 0.4) is 0 Å². The standard InChI is InChI=1S/CH4N2OS/c2-1(5)3-4/h4H,(H3,2,3,5)/p+1. The second-order valence-electron chi connectivity index (χ2n) is 0.476. The molecule has 5 heavy (non-hydrogen) atoms. The SMILES string of the molecule is NC(=S)NO.[H+]. The van der Waals surface area contributed by atoms with Crippen molar-refractivity contribution in [1.29, 1.82) is 0 Å². The molecule has 0 unspecified atom stereocenters. The van der Waals surface area contributed by atoms with E-state index in [4.69, 9.17) is 5.21 Å². The maximum absolute atomic E-state index is 7.63. The van der Waals surface area contributed by atoms with Gasteiger partial charge in [0.05, 0.1) is 0 Å². The van der Waals surface area contributed by atoms with Crippen molar-refractivity contribution in [2.45, 2.75) is 0 Å². The number of nitrogens with two attached hydrogens (primary N) is 1. The molecule has 0 aliphatic rings. The average molecular weight is 93.1 g/mol. The lowest BCUT2D eigenvalue weighted by molar-refractivity contribution is 0.236. The number of nitrogens with one attached hydrogen (secondary N) is 1. The third kappa shape index (κ3) is 3.65. The van der Waals surface area contributed by atoms with Crippen LogP contribution in [-0.2, 0) is 0 Å².